The van der Waals surface area contributed by atoms with Crippen molar-refractivity contribution in [2.24, 2.45) is 11.8 Å². The first-order valence-corrected chi connectivity index (χ1v) is 6.67. The zero-order chi connectivity index (χ0) is 12.9. The number of ether oxygens (including phenoxy) is 2. The predicted molar refractivity (Wildman–Crippen MR) is 69.6 cm³/mol. The highest BCUT2D eigenvalue weighted by Crippen LogP contribution is 2.29. The van der Waals surface area contributed by atoms with E-state index >= 15 is 0 Å². The Hall–Kier alpha value is -0.160. The molecule has 0 spiro atoms. The van der Waals surface area contributed by atoms with Gasteiger partial charge >= 0.3 is 0 Å². The number of rotatable bonds is 7. The summed E-state index contributed by atoms with van der Waals surface area (Å²) in [6.07, 6.45) is 4.58. The fourth-order valence-corrected chi connectivity index (χ4v) is 2.57. The quantitative estimate of drug-likeness (QED) is 0.530. The van der Waals surface area contributed by atoms with Gasteiger partial charge < -0.3 is 9.47 Å². The summed E-state index contributed by atoms with van der Waals surface area (Å²) >= 11 is 0. The van der Waals surface area contributed by atoms with E-state index in [1.54, 1.807) is 7.11 Å². The van der Waals surface area contributed by atoms with Gasteiger partial charge in [0.05, 0.1) is 11.7 Å². The van der Waals surface area contributed by atoms with Crippen LogP contribution in [0.2, 0.25) is 0 Å². The van der Waals surface area contributed by atoms with Crippen molar-refractivity contribution in [3.05, 3.63) is 0 Å². The lowest BCUT2D eigenvalue weighted by Gasteiger charge is -2.30. The second kappa shape index (κ2) is 6.69. The number of nitrogens with two attached hydrogens (primary N) is 1. The van der Waals surface area contributed by atoms with Crippen molar-refractivity contribution < 1.29 is 9.47 Å². The first-order chi connectivity index (χ1) is 8.04. The summed E-state index contributed by atoms with van der Waals surface area (Å²) in [5.41, 5.74) is 2.90. The summed E-state index contributed by atoms with van der Waals surface area (Å²) in [4.78, 5) is 0. The molecule has 0 aromatic heterocycles. The van der Waals surface area contributed by atoms with Crippen LogP contribution in [0.1, 0.15) is 46.5 Å². The first-order valence-electron chi connectivity index (χ1n) is 6.67. The van der Waals surface area contributed by atoms with E-state index in [0.717, 1.165) is 32.3 Å². The molecular weight excluding hydrogens is 216 g/mol. The second-order valence-corrected chi connectivity index (χ2v) is 5.55. The summed E-state index contributed by atoms with van der Waals surface area (Å²) in [5.74, 6) is 6.23. The monoisotopic (exact) mass is 244 g/mol. The molecule has 3 N–H and O–H groups in total. The van der Waals surface area contributed by atoms with Crippen molar-refractivity contribution in [3.8, 4) is 0 Å². The van der Waals surface area contributed by atoms with Crippen molar-refractivity contribution in [3.63, 3.8) is 0 Å². The van der Waals surface area contributed by atoms with Gasteiger partial charge in [0, 0.05) is 25.7 Å². The molecule has 102 valence electrons. The van der Waals surface area contributed by atoms with Crippen LogP contribution in [0.3, 0.4) is 0 Å². The third-order valence-corrected chi connectivity index (χ3v) is 4.00. The molecule has 1 fully saturated rings. The molecule has 1 rings (SSSR count). The van der Waals surface area contributed by atoms with Gasteiger partial charge in [0.15, 0.2) is 0 Å². The molecule has 1 heterocycles. The summed E-state index contributed by atoms with van der Waals surface area (Å²) < 4.78 is 11.2. The lowest BCUT2D eigenvalue weighted by atomic mass is 9.86. The number of nitrogens with one attached hydrogen (secondary N) is 1. The summed E-state index contributed by atoms with van der Waals surface area (Å²) in [6.45, 7) is 7.27. The normalized spacial score (nSPS) is 27.4. The first kappa shape index (κ1) is 14.9. The Balaban J connectivity index is 2.48. The van der Waals surface area contributed by atoms with Gasteiger partial charge in [-0.2, -0.15) is 0 Å². The van der Waals surface area contributed by atoms with Crippen LogP contribution in [0.5, 0.6) is 0 Å². The Kier molecular flexibility index (Phi) is 5.86. The molecular formula is C13H28N2O2. The van der Waals surface area contributed by atoms with Crippen LogP contribution < -0.4 is 11.3 Å². The van der Waals surface area contributed by atoms with E-state index in [9.17, 15) is 0 Å². The lowest BCUT2D eigenvalue weighted by Crippen LogP contribution is -2.44. The zero-order valence-electron chi connectivity index (χ0n) is 11.7. The Bertz CT molecular complexity index is 221. The maximum atomic E-state index is 5.73. The van der Waals surface area contributed by atoms with Gasteiger partial charge in [-0.25, -0.2) is 0 Å². The fourth-order valence-electron chi connectivity index (χ4n) is 2.57. The molecule has 0 saturated carbocycles. The highest BCUT2D eigenvalue weighted by Gasteiger charge is 2.33. The summed E-state index contributed by atoms with van der Waals surface area (Å²) in [6, 6.07) is 0.330. The molecule has 1 aliphatic rings. The fraction of sp³-hybridized carbons (Fsp3) is 1.00. The average molecular weight is 244 g/mol. The van der Waals surface area contributed by atoms with Crippen molar-refractivity contribution in [1.29, 1.82) is 0 Å². The van der Waals surface area contributed by atoms with Gasteiger partial charge in [0.25, 0.3) is 0 Å². The van der Waals surface area contributed by atoms with Crippen molar-refractivity contribution >= 4 is 0 Å². The van der Waals surface area contributed by atoms with E-state index in [4.69, 9.17) is 15.3 Å². The predicted octanol–water partition coefficient (Wildman–Crippen LogP) is 1.84. The van der Waals surface area contributed by atoms with Gasteiger partial charge in [0.1, 0.15) is 0 Å². The SMILES string of the molecule is CCC1OCCC1C(CCC(C)(C)OC)NN. The number of hydrazine groups is 1. The molecule has 1 aliphatic heterocycles. The van der Waals surface area contributed by atoms with Crippen LogP contribution >= 0.6 is 0 Å². The smallest absolute Gasteiger partial charge is 0.0623 e. The minimum Gasteiger partial charge on any atom is -0.379 e. The topological polar surface area (TPSA) is 56.5 Å². The maximum Gasteiger partial charge on any atom is 0.0623 e. The van der Waals surface area contributed by atoms with Gasteiger partial charge in [-0.05, 0) is 39.5 Å². The van der Waals surface area contributed by atoms with Crippen LogP contribution in [-0.4, -0.2) is 31.5 Å². The maximum absolute atomic E-state index is 5.73. The molecule has 17 heavy (non-hydrogen) atoms. The molecule has 0 aliphatic carbocycles. The Morgan fingerprint density at radius 3 is 2.76 bits per heavy atom. The minimum absolute atomic E-state index is 0.0731. The highest BCUT2D eigenvalue weighted by atomic mass is 16.5. The minimum atomic E-state index is -0.0731. The van der Waals surface area contributed by atoms with Crippen molar-refractivity contribution in [2.75, 3.05) is 13.7 Å². The zero-order valence-corrected chi connectivity index (χ0v) is 11.7. The molecule has 4 heteroatoms. The largest absolute Gasteiger partial charge is 0.379 e. The summed E-state index contributed by atoms with van der Waals surface area (Å²) in [5, 5.41) is 0. The van der Waals surface area contributed by atoms with Crippen LogP contribution in [0, 0.1) is 5.92 Å². The van der Waals surface area contributed by atoms with Crippen molar-refractivity contribution in [2.45, 2.75) is 64.2 Å². The molecule has 3 unspecified atom stereocenters. The molecule has 0 aromatic carbocycles. The molecule has 1 saturated heterocycles. The highest BCUT2D eigenvalue weighted by molar-refractivity contribution is 4.86. The molecule has 4 nitrogen and oxygen atoms in total. The molecule has 3 atom stereocenters. The molecule has 0 amide bonds. The van der Waals surface area contributed by atoms with Gasteiger partial charge in [-0.1, -0.05) is 6.92 Å². The third-order valence-electron chi connectivity index (χ3n) is 4.00. The Labute approximate surface area is 105 Å². The molecule has 0 bridgehead atoms. The molecule has 0 radical (unpaired) electrons. The number of hydrogen-bond donors (Lipinski definition) is 2. The average Bonchev–Trinajstić information content (AvgIpc) is 2.78. The van der Waals surface area contributed by atoms with Crippen LogP contribution in [0.15, 0.2) is 0 Å². The number of methoxy groups -OCH3 is 1. The van der Waals surface area contributed by atoms with Crippen LogP contribution in [-0.2, 0) is 9.47 Å². The van der Waals surface area contributed by atoms with Crippen LogP contribution in [0.25, 0.3) is 0 Å². The van der Waals surface area contributed by atoms with E-state index in [2.05, 4.69) is 26.2 Å². The lowest BCUT2D eigenvalue weighted by molar-refractivity contribution is 0.00772. The van der Waals surface area contributed by atoms with E-state index in [-0.39, 0.29) is 5.60 Å². The van der Waals surface area contributed by atoms with Crippen LogP contribution in [0.4, 0.5) is 0 Å². The number of hydrogen-bond acceptors (Lipinski definition) is 4. The van der Waals surface area contributed by atoms with Gasteiger partial charge in [0.2, 0.25) is 0 Å². The standard InChI is InChI=1S/C13H28N2O2/c1-5-12-10(7-9-17-12)11(15-14)6-8-13(2,3)16-4/h10-12,15H,5-9,14H2,1-4H3. The van der Waals surface area contributed by atoms with Crippen molar-refractivity contribution in [1.82, 2.24) is 5.43 Å². The molecule has 0 aromatic rings. The summed E-state index contributed by atoms with van der Waals surface area (Å²) in [7, 11) is 1.76. The second-order valence-electron chi connectivity index (χ2n) is 5.55. The third kappa shape index (κ3) is 4.21. The van der Waals surface area contributed by atoms with E-state index in [0.29, 0.717) is 18.1 Å². The Morgan fingerprint density at radius 1 is 1.53 bits per heavy atom. The van der Waals surface area contributed by atoms with Gasteiger partial charge in [-0.15, -0.1) is 0 Å². The van der Waals surface area contributed by atoms with E-state index in [1.807, 2.05) is 0 Å². The van der Waals surface area contributed by atoms with E-state index < -0.39 is 0 Å². The Morgan fingerprint density at radius 2 is 2.24 bits per heavy atom. The van der Waals surface area contributed by atoms with E-state index in [1.165, 1.54) is 0 Å². The van der Waals surface area contributed by atoms with Gasteiger partial charge in [-0.3, -0.25) is 11.3 Å².